The highest BCUT2D eigenvalue weighted by atomic mass is 16.5. The molecular formula is C13H28N2O. The lowest BCUT2D eigenvalue weighted by atomic mass is 10.0. The van der Waals surface area contributed by atoms with E-state index in [9.17, 15) is 0 Å². The Balaban J connectivity index is 2.26. The largest absolute Gasteiger partial charge is 0.383 e. The van der Waals surface area contributed by atoms with Crippen LogP contribution in [0.25, 0.3) is 0 Å². The predicted octanol–water partition coefficient (Wildman–Crippen LogP) is 1.78. The van der Waals surface area contributed by atoms with Crippen molar-refractivity contribution in [1.82, 2.24) is 10.6 Å². The third kappa shape index (κ3) is 4.81. The smallest absolute Gasteiger partial charge is 0.0618 e. The fourth-order valence-electron chi connectivity index (χ4n) is 2.43. The SMILES string of the molecule is COCC(NC(C)CC1CCCN1)C(C)C. The van der Waals surface area contributed by atoms with Crippen molar-refractivity contribution in [2.45, 2.75) is 58.2 Å². The van der Waals surface area contributed by atoms with Gasteiger partial charge >= 0.3 is 0 Å². The van der Waals surface area contributed by atoms with Crippen molar-refractivity contribution >= 4 is 0 Å². The number of methoxy groups -OCH3 is 1. The standard InChI is InChI=1S/C13H28N2O/c1-10(2)13(9-16-4)15-11(3)8-12-6-5-7-14-12/h10-15H,5-9H2,1-4H3. The normalized spacial score (nSPS) is 24.9. The maximum atomic E-state index is 5.26. The summed E-state index contributed by atoms with van der Waals surface area (Å²) in [5, 5.41) is 7.23. The van der Waals surface area contributed by atoms with Gasteiger partial charge in [-0.2, -0.15) is 0 Å². The second-order valence-electron chi connectivity index (χ2n) is 5.40. The summed E-state index contributed by atoms with van der Waals surface area (Å²) in [4.78, 5) is 0. The van der Waals surface area contributed by atoms with Crippen LogP contribution in [0.1, 0.15) is 40.0 Å². The van der Waals surface area contributed by atoms with Gasteiger partial charge in [0.25, 0.3) is 0 Å². The summed E-state index contributed by atoms with van der Waals surface area (Å²) < 4.78 is 5.26. The number of hydrogen-bond donors (Lipinski definition) is 2. The minimum absolute atomic E-state index is 0.474. The summed E-state index contributed by atoms with van der Waals surface area (Å²) in [5.41, 5.74) is 0. The van der Waals surface area contributed by atoms with Gasteiger partial charge in [0.05, 0.1) is 6.61 Å². The summed E-state index contributed by atoms with van der Waals surface area (Å²) in [6, 6.07) is 1.76. The second-order valence-corrected chi connectivity index (χ2v) is 5.40. The first-order valence-electron chi connectivity index (χ1n) is 6.61. The maximum Gasteiger partial charge on any atom is 0.0618 e. The molecule has 3 nitrogen and oxygen atoms in total. The first-order valence-corrected chi connectivity index (χ1v) is 6.61. The van der Waals surface area contributed by atoms with Gasteiger partial charge in [-0.15, -0.1) is 0 Å². The Morgan fingerprint density at radius 3 is 2.62 bits per heavy atom. The van der Waals surface area contributed by atoms with Gasteiger partial charge in [-0.3, -0.25) is 0 Å². The van der Waals surface area contributed by atoms with Crippen LogP contribution >= 0.6 is 0 Å². The van der Waals surface area contributed by atoms with Gasteiger partial charge in [-0.1, -0.05) is 13.8 Å². The lowest BCUT2D eigenvalue weighted by Gasteiger charge is -2.27. The van der Waals surface area contributed by atoms with E-state index in [4.69, 9.17) is 4.74 Å². The average molecular weight is 228 g/mol. The van der Waals surface area contributed by atoms with E-state index in [0.29, 0.717) is 18.0 Å². The van der Waals surface area contributed by atoms with Gasteiger partial charge in [0.15, 0.2) is 0 Å². The highest BCUT2D eigenvalue weighted by molar-refractivity contribution is 4.81. The molecule has 16 heavy (non-hydrogen) atoms. The van der Waals surface area contributed by atoms with E-state index in [1.165, 1.54) is 25.8 Å². The number of hydrogen-bond acceptors (Lipinski definition) is 3. The van der Waals surface area contributed by atoms with Crippen LogP contribution in [0, 0.1) is 5.92 Å². The molecule has 3 atom stereocenters. The molecule has 1 aliphatic heterocycles. The van der Waals surface area contributed by atoms with Crippen LogP contribution < -0.4 is 10.6 Å². The molecule has 0 aliphatic carbocycles. The van der Waals surface area contributed by atoms with E-state index >= 15 is 0 Å². The molecule has 0 amide bonds. The minimum Gasteiger partial charge on any atom is -0.383 e. The number of rotatable bonds is 7. The van der Waals surface area contributed by atoms with Gasteiger partial charge in [0.2, 0.25) is 0 Å². The Morgan fingerprint density at radius 2 is 2.12 bits per heavy atom. The van der Waals surface area contributed by atoms with Crippen LogP contribution in [0.2, 0.25) is 0 Å². The van der Waals surface area contributed by atoms with Crippen molar-refractivity contribution in [3.8, 4) is 0 Å². The van der Waals surface area contributed by atoms with Crippen molar-refractivity contribution in [3.05, 3.63) is 0 Å². The van der Waals surface area contributed by atoms with Crippen molar-refractivity contribution in [1.29, 1.82) is 0 Å². The molecule has 0 spiro atoms. The highest BCUT2D eigenvalue weighted by Gasteiger charge is 2.20. The Hall–Kier alpha value is -0.120. The molecule has 0 radical (unpaired) electrons. The predicted molar refractivity (Wildman–Crippen MR) is 68.7 cm³/mol. The first-order chi connectivity index (χ1) is 7.63. The molecule has 1 saturated heterocycles. The Kier molecular flexibility index (Phi) is 6.32. The number of nitrogens with one attached hydrogen (secondary N) is 2. The monoisotopic (exact) mass is 228 g/mol. The number of ether oxygens (including phenoxy) is 1. The molecule has 1 rings (SSSR count). The molecule has 1 aliphatic rings. The van der Waals surface area contributed by atoms with Crippen LogP contribution in [-0.4, -0.2) is 38.4 Å². The molecule has 1 fully saturated rings. The second kappa shape index (κ2) is 7.25. The van der Waals surface area contributed by atoms with E-state index in [2.05, 4.69) is 31.4 Å². The van der Waals surface area contributed by atoms with Gasteiger partial charge < -0.3 is 15.4 Å². The zero-order valence-corrected chi connectivity index (χ0v) is 11.3. The Bertz CT molecular complexity index is 179. The van der Waals surface area contributed by atoms with E-state index < -0.39 is 0 Å². The molecule has 1 heterocycles. The maximum absolute atomic E-state index is 5.26. The van der Waals surface area contributed by atoms with Crippen molar-refractivity contribution in [2.75, 3.05) is 20.3 Å². The van der Waals surface area contributed by atoms with E-state index in [0.717, 1.165) is 12.6 Å². The minimum atomic E-state index is 0.474. The lowest BCUT2D eigenvalue weighted by Crippen LogP contribution is -2.45. The Labute approximate surface area is 100 Å². The molecule has 0 aromatic rings. The van der Waals surface area contributed by atoms with E-state index in [1.54, 1.807) is 7.11 Å². The van der Waals surface area contributed by atoms with Gasteiger partial charge in [-0.05, 0) is 38.6 Å². The highest BCUT2D eigenvalue weighted by Crippen LogP contribution is 2.12. The zero-order valence-electron chi connectivity index (χ0n) is 11.3. The molecule has 0 saturated carbocycles. The zero-order chi connectivity index (χ0) is 12.0. The molecular weight excluding hydrogens is 200 g/mol. The van der Waals surface area contributed by atoms with E-state index in [-0.39, 0.29) is 0 Å². The van der Waals surface area contributed by atoms with Crippen LogP contribution in [0.5, 0.6) is 0 Å². The summed E-state index contributed by atoms with van der Waals surface area (Å²) in [6.45, 7) is 8.78. The Morgan fingerprint density at radius 1 is 1.38 bits per heavy atom. The van der Waals surface area contributed by atoms with Crippen molar-refractivity contribution in [3.63, 3.8) is 0 Å². The van der Waals surface area contributed by atoms with Crippen LogP contribution in [0.3, 0.4) is 0 Å². The fourth-order valence-corrected chi connectivity index (χ4v) is 2.43. The fraction of sp³-hybridized carbons (Fsp3) is 1.00. The molecule has 0 aromatic carbocycles. The van der Waals surface area contributed by atoms with Crippen molar-refractivity contribution in [2.24, 2.45) is 5.92 Å². The topological polar surface area (TPSA) is 33.3 Å². The average Bonchev–Trinajstić information content (AvgIpc) is 2.69. The first kappa shape index (κ1) is 13.9. The van der Waals surface area contributed by atoms with Crippen LogP contribution in [0.4, 0.5) is 0 Å². The van der Waals surface area contributed by atoms with Crippen LogP contribution in [-0.2, 0) is 4.74 Å². The molecule has 0 bridgehead atoms. The van der Waals surface area contributed by atoms with Gasteiger partial charge in [0, 0.05) is 25.2 Å². The third-order valence-electron chi connectivity index (χ3n) is 3.45. The molecule has 0 aromatic heterocycles. The summed E-state index contributed by atoms with van der Waals surface area (Å²) >= 11 is 0. The summed E-state index contributed by atoms with van der Waals surface area (Å²) in [7, 11) is 1.78. The summed E-state index contributed by atoms with van der Waals surface area (Å²) in [6.07, 6.45) is 3.90. The van der Waals surface area contributed by atoms with Crippen LogP contribution in [0.15, 0.2) is 0 Å². The van der Waals surface area contributed by atoms with Gasteiger partial charge in [0.1, 0.15) is 0 Å². The van der Waals surface area contributed by atoms with Gasteiger partial charge in [-0.25, -0.2) is 0 Å². The molecule has 3 unspecified atom stereocenters. The summed E-state index contributed by atoms with van der Waals surface area (Å²) in [5.74, 6) is 0.624. The lowest BCUT2D eigenvalue weighted by molar-refractivity contribution is 0.139. The third-order valence-corrected chi connectivity index (χ3v) is 3.45. The molecule has 2 N–H and O–H groups in total. The molecule has 3 heteroatoms. The molecule has 96 valence electrons. The quantitative estimate of drug-likeness (QED) is 0.697. The van der Waals surface area contributed by atoms with Crippen molar-refractivity contribution < 1.29 is 4.74 Å². The van der Waals surface area contributed by atoms with E-state index in [1.807, 2.05) is 0 Å².